The zero-order valence-electron chi connectivity index (χ0n) is 12.2. The predicted octanol–water partition coefficient (Wildman–Crippen LogP) is 3.66. The minimum Gasteiger partial charge on any atom is -0.381 e. The second kappa shape index (κ2) is 7.27. The topological polar surface area (TPSA) is 41.1 Å². The summed E-state index contributed by atoms with van der Waals surface area (Å²) in [6.45, 7) is 2.85. The van der Waals surface area contributed by atoms with Crippen LogP contribution in [0.3, 0.4) is 0 Å². The van der Waals surface area contributed by atoms with Crippen molar-refractivity contribution in [3.8, 4) is 0 Å². The molecule has 0 spiro atoms. The minimum atomic E-state index is 0.0280. The summed E-state index contributed by atoms with van der Waals surface area (Å²) in [5.74, 6) is 0.0280. The third-order valence-corrected chi connectivity index (χ3v) is 4.18. The highest BCUT2D eigenvalue weighted by Crippen LogP contribution is 2.18. The lowest BCUT2D eigenvalue weighted by Crippen LogP contribution is -2.19. The van der Waals surface area contributed by atoms with Gasteiger partial charge in [-0.2, -0.15) is 0 Å². The van der Waals surface area contributed by atoms with E-state index in [0.717, 1.165) is 22.3 Å². The molecule has 0 aromatic heterocycles. The van der Waals surface area contributed by atoms with E-state index in [2.05, 4.69) is 51.7 Å². The first-order valence-corrected chi connectivity index (χ1v) is 7.66. The summed E-state index contributed by atoms with van der Waals surface area (Å²) in [6.07, 6.45) is 0.418. The van der Waals surface area contributed by atoms with Crippen molar-refractivity contribution in [3.05, 3.63) is 63.6 Å². The largest absolute Gasteiger partial charge is 0.381 e. The number of aryl methyl sites for hydroxylation is 1. The van der Waals surface area contributed by atoms with E-state index in [0.29, 0.717) is 6.42 Å². The number of carbonyl (C=O) groups is 1. The SMILES string of the molecule is CNC(=O)Cc1ccc(NCc2ccc(C)c(Br)c2)cc1. The van der Waals surface area contributed by atoms with Gasteiger partial charge in [-0.25, -0.2) is 0 Å². The molecule has 2 rings (SSSR count). The number of hydrogen-bond acceptors (Lipinski definition) is 2. The lowest BCUT2D eigenvalue weighted by Gasteiger charge is -2.09. The van der Waals surface area contributed by atoms with Crippen LogP contribution in [0.15, 0.2) is 46.9 Å². The number of carbonyl (C=O) groups excluding carboxylic acids is 1. The maximum absolute atomic E-state index is 11.3. The number of hydrogen-bond donors (Lipinski definition) is 2. The number of benzene rings is 2. The van der Waals surface area contributed by atoms with Crippen molar-refractivity contribution in [2.24, 2.45) is 0 Å². The Bertz CT molecular complexity index is 623. The van der Waals surface area contributed by atoms with Crippen molar-refractivity contribution in [1.29, 1.82) is 0 Å². The number of halogens is 1. The Hall–Kier alpha value is -1.81. The van der Waals surface area contributed by atoms with E-state index in [1.807, 2.05) is 24.3 Å². The lowest BCUT2D eigenvalue weighted by molar-refractivity contribution is -0.119. The van der Waals surface area contributed by atoms with E-state index < -0.39 is 0 Å². The van der Waals surface area contributed by atoms with E-state index in [1.165, 1.54) is 11.1 Å². The number of rotatable bonds is 5. The smallest absolute Gasteiger partial charge is 0.224 e. The van der Waals surface area contributed by atoms with Gasteiger partial charge in [0.15, 0.2) is 0 Å². The van der Waals surface area contributed by atoms with Gasteiger partial charge in [-0.1, -0.05) is 40.2 Å². The fourth-order valence-electron chi connectivity index (χ4n) is 1.96. The molecule has 0 bridgehead atoms. The van der Waals surface area contributed by atoms with Gasteiger partial charge in [-0.3, -0.25) is 4.79 Å². The van der Waals surface area contributed by atoms with Crippen molar-refractivity contribution < 1.29 is 4.79 Å². The molecule has 0 heterocycles. The van der Waals surface area contributed by atoms with Gasteiger partial charge in [0.2, 0.25) is 5.91 Å². The van der Waals surface area contributed by atoms with E-state index in [-0.39, 0.29) is 5.91 Å². The molecule has 4 heteroatoms. The van der Waals surface area contributed by atoms with Crippen LogP contribution in [-0.4, -0.2) is 13.0 Å². The molecule has 0 saturated heterocycles. The maximum atomic E-state index is 11.3. The minimum absolute atomic E-state index is 0.0280. The monoisotopic (exact) mass is 346 g/mol. The Morgan fingerprint density at radius 3 is 2.38 bits per heavy atom. The van der Waals surface area contributed by atoms with Crippen LogP contribution >= 0.6 is 15.9 Å². The molecule has 1 amide bonds. The molecule has 0 aliphatic heterocycles. The van der Waals surface area contributed by atoms with Crippen molar-refractivity contribution in [3.63, 3.8) is 0 Å². The third kappa shape index (κ3) is 4.60. The van der Waals surface area contributed by atoms with Crippen molar-refractivity contribution in [1.82, 2.24) is 5.32 Å². The molecule has 0 atom stereocenters. The summed E-state index contributed by atoms with van der Waals surface area (Å²) in [4.78, 5) is 11.3. The number of anilines is 1. The number of amides is 1. The van der Waals surface area contributed by atoms with Gasteiger partial charge in [0.1, 0.15) is 0 Å². The van der Waals surface area contributed by atoms with Crippen LogP contribution in [0, 0.1) is 6.92 Å². The summed E-state index contributed by atoms with van der Waals surface area (Å²) in [7, 11) is 1.65. The van der Waals surface area contributed by atoms with Crippen LogP contribution in [0.4, 0.5) is 5.69 Å². The van der Waals surface area contributed by atoms with E-state index in [1.54, 1.807) is 7.05 Å². The van der Waals surface area contributed by atoms with Crippen molar-refractivity contribution in [2.75, 3.05) is 12.4 Å². The highest BCUT2D eigenvalue weighted by molar-refractivity contribution is 9.10. The Morgan fingerprint density at radius 1 is 1.10 bits per heavy atom. The molecule has 3 nitrogen and oxygen atoms in total. The first-order valence-electron chi connectivity index (χ1n) is 6.87. The second-order valence-electron chi connectivity index (χ2n) is 4.98. The van der Waals surface area contributed by atoms with Gasteiger partial charge in [0, 0.05) is 23.8 Å². The van der Waals surface area contributed by atoms with Crippen molar-refractivity contribution in [2.45, 2.75) is 19.9 Å². The van der Waals surface area contributed by atoms with E-state index >= 15 is 0 Å². The summed E-state index contributed by atoms with van der Waals surface area (Å²) in [6, 6.07) is 14.3. The summed E-state index contributed by atoms with van der Waals surface area (Å²) < 4.78 is 1.13. The molecule has 0 saturated carbocycles. The Labute approximate surface area is 133 Å². The molecule has 0 radical (unpaired) electrons. The molecule has 0 aliphatic carbocycles. The fourth-order valence-corrected chi connectivity index (χ4v) is 2.39. The fraction of sp³-hybridized carbons (Fsp3) is 0.235. The van der Waals surface area contributed by atoms with Gasteiger partial charge in [-0.05, 0) is 41.8 Å². The normalized spacial score (nSPS) is 10.2. The molecule has 0 aliphatic rings. The summed E-state index contributed by atoms with van der Waals surface area (Å²) >= 11 is 3.55. The van der Waals surface area contributed by atoms with Crippen LogP contribution in [-0.2, 0) is 17.8 Å². The average molecular weight is 347 g/mol. The standard InChI is InChI=1S/C17H19BrN2O/c1-12-3-4-14(9-16(12)18)11-20-15-7-5-13(6-8-15)10-17(21)19-2/h3-9,20H,10-11H2,1-2H3,(H,19,21). The van der Waals surface area contributed by atoms with Crippen LogP contribution in [0.25, 0.3) is 0 Å². The van der Waals surface area contributed by atoms with E-state index in [9.17, 15) is 4.79 Å². The lowest BCUT2D eigenvalue weighted by atomic mass is 10.1. The summed E-state index contributed by atoms with van der Waals surface area (Å²) in [5.41, 5.74) is 4.52. The second-order valence-corrected chi connectivity index (χ2v) is 5.84. The van der Waals surface area contributed by atoms with Crippen molar-refractivity contribution >= 4 is 27.5 Å². The molecular formula is C17H19BrN2O. The van der Waals surface area contributed by atoms with Gasteiger partial charge in [-0.15, -0.1) is 0 Å². The first kappa shape index (κ1) is 15.6. The molecule has 21 heavy (non-hydrogen) atoms. The highest BCUT2D eigenvalue weighted by atomic mass is 79.9. The highest BCUT2D eigenvalue weighted by Gasteiger charge is 2.01. The van der Waals surface area contributed by atoms with Gasteiger partial charge in [0.05, 0.1) is 6.42 Å². The van der Waals surface area contributed by atoms with Gasteiger partial charge < -0.3 is 10.6 Å². The molecule has 2 N–H and O–H groups in total. The number of likely N-dealkylation sites (N-methyl/N-ethyl adjacent to an activating group) is 1. The Kier molecular flexibility index (Phi) is 5.39. The predicted molar refractivity (Wildman–Crippen MR) is 90.4 cm³/mol. The summed E-state index contributed by atoms with van der Waals surface area (Å²) in [5, 5.41) is 6.01. The molecule has 2 aromatic carbocycles. The zero-order valence-corrected chi connectivity index (χ0v) is 13.8. The Morgan fingerprint density at radius 2 is 1.76 bits per heavy atom. The molecule has 110 valence electrons. The zero-order chi connectivity index (χ0) is 15.2. The molecule has 0 fully saturated rings. The van der Waals surface area contributed by atoms with Crippen LogP contribution < -0.4 is 10.6 Å². The van der Waals surface area contributed by atoms with Crippen LogP contribution in [0.5, 0.6) is 0 Å². The van der Waals surface area contributed by atoms with Gasteiger partial charge in [0.25, 0.3) is 0 Å². The van der Waals surface area contributed by atoms with Crippen LogP contribution in [0.2, 0.25) is 0 Å². The van der Waals surface area contributed by atoms with E-state index in [4.69, 9.17) is 0 Å². The number of nitrogens with one attached hydrogen (secondary N) is 2. The first-order chi connectivity index (χ1) is 10.1. The van der Waals surface area contributed by atoms with Gasteiger partial charge >= 0.3 is 0 Å². The third-order valence-electron chi connectivity index (χ3n) is 3.33. The maximum Gasteiger partial charge on any atom is 0.224 e. The Balaban J connectivity index is 1.94. The molecular weight excluding hydrogens is 328 g/mol. The quantitative estimate of drug-likeness (QED) is 0.867. The van der Waals surface area contributed by atoms with Crippen LogP contribution in [0.1, 0.15) is 16.7 Å². The average Bonchev–Trinajstić information content (AvgIpc) is 2.50. The molecule has 0 unspecified atom stereocenters. The molecule has 2 aromatic rings.